The van der Waals surface area contributed by atoms with Crippen LogP contribution in [0, 0.1) is 6.92 Å². The third kappa shape index (κ3) is 10.9. The van der Waals surface area contributed by atoms with Gasteiger partial charge in [-0.1, -0.05) is 54.6 Å². The number of para-hydroxylation sites is 1. The number of nitrogens with one attached hydrogen (secondary N) is 3. The summed E-state index contributed by atoms with van der Waals surface area (Å²) in [6.07, 6.45) is 0. The third-order valence-electron chi connectivity index (χ3n) is 9.75. The number of nitrogens with zero attached hydrogens (tertiary/aromatic N) is 4. The molecule has 66 heavy (non-hydrogen) atoms. The number of fused-ring (bicyclic) bond motifs is 2. The van der Waals surface area contributed by atoms with Crippen molar-refractivity contribution in [1.82, 2.24) is 19.5 Å². The maximum absolute atomic E-state index is 14.6. The third-order valence-corrected chi connectivity index (χ3v) is 11.8. The predicted octanol–water partition coefficient (Wildman–Crippen LogP) is -4.21. The fourth-order valence-electron chi connectivity index (χ4n) is 7.03. The van der Waals surface area contributed by atoms with E-state index in [1.54, 1.807) is 42.5 Å². The number of anilines is 6. The van der Waals surface area contributed by atoms with Gasteiger partial charge in [0.25, 0.3) is 5.56 Å². The van der Waals surface area contributed by atoms with Crippen LogP contribution in [0.25, 0.3) is 22.0 Å². The number of hydrogen-bond donors (Lipinski definition) is 4. The summed E-state index contributed by atoms with van der Waals surface area (Å²) in [6.45, 7) is 1.81. The normalized spacial score (nSPS) is 11.4. The molecule has 0 radical (unpaired) electrons. The number of carbonyl (C=O) groups is 2. The number of aromatic hydroxyl groups is 1. The number of hydrogen-bond acceptors (Lipinski definition) is 21. The van der Waals surface area contributed by atoms with Crippen molar-refractivity contribution in [3.05, 3.63) is 135 Å². The average molecular weight is 978 g/mol. The summed E-state index contributed by atoms with van der Waals surface area (Å²) in [5.41, 5.74) is 0.822. The first kappa shape index (κ1) is 53.2. The monoisotopic (exact) mass is 977 g/mol. The number of carbonyl (C=O) groups excluding carboxylic acids is 2. The van der Waals surface area contributed by atoms with Crippen molar-refractivity contribution in [2.24, 2.45) is 7.05 Å². The molecule has 0 bridgehead atoms. The first-order valence-corrected chi connectivity index (χ1v) is 20.9. The van der Waals surface area contributed by atoms with Crippen molar-refractivity contribution >= 4 is 91.3 Å². The van der Waals surface area contributed by atoms with Crippen LogP contribution in [0.2, 0.25) is 0 Å². The molecule has 0 spiro atoms. The Labute approximate surface area is 448 Å². The standard InChI is InChI=1S/C40H29N7O13S3.3Na/c1-19-8-3-6-13-24(19)42-38-44-39(46-40(51)45-38)43-27-17-26(29(62-60-58-53)18-30(27)63(54,55)56)41-25-14-15-28-33-31(22-11-4-5-12-23(22)36(49)32(25)33)34(37(50)47(28)2)35(48)20-9-7-10-21(16-20)61-59-57-52;;;/h3-18,41,52-53H,1-2H3,(H,54,55,56)(H3,42,43,44,45,46,51);;;/q;3*+1/p-3. The Hall–Kier alpha value is -3.77. The summed E-state index contributed by atoms with van der Waals surface area (Å²) in [5, 5.41) is 47.7. The molecule has 0 saturated carbocycles. The molecule has 26 heteroatoms. The molecule has 0 aliphatic heterocycles. The topological polar surface area (TPSA) is 291 Å². The number of pyridine rings is 1. The van der Waals surface area contributed by atoms with Crippen LogP contribution < -0.4 is 121 Å². The zero-order chi connectivity index (χ0) is 44.6. The summed E-state index contributed by atoms with van der Waals surface area (Å²) in [5.74, 6) is -1.80. The van der Waals surface area contributed by atoms with E-state index in [-0.39, 0.29) is 167 Å². The van der Waals surface area contributed by atoms with Gasteiger partial charge in [0.15, 0.2) is 11.6 Å². The van der Waals surface area contributed by atoms with E-state index in [1.807, 2.05) is 13.0 Å². The zero-order valence-corrected chi connectivity index (χ0v) is 43.5. The van der Waals surface area contributed by atoms with E-state index in [2.05, 4.69) is 49.6 Å². The van der Waals surface area contributed by atoms with E-state index < -0.39 is 49.8 Å². The van der Waals surface area contributed by atoms with Crippen LogP contribution in [0.5, 0.6) is 6.01 Å². The van der Waals surface area contributed by atoms with Gasteiger partial charge in [-0.05, 0) is 60.5 Å². The minimum atomic E-state index is -5.32. The fourth-order valence-corrected chi connectivity index (χ4v) is 8.63. The molecule has 20 nitrogen and oxygen atoms in total. The molecule has 320 valence electrons. The van der Waals surface area contributed by atoms with E-state index in [9.17, 15) is 43.0 Å². The van der Waals surface area contributed by atoms with Gasteiger partial charge in [-0.2, -0.15) is 23.6 Å². The van der Waals surface area contributed by atoms with Crippen molar-refractivity contribution in [2.75, 3.05) is 16.0 Å². The molecule has 4 N–H and O–H groups in total. The molecule has 1 aliphatic rings. The molecular weight excluding hydrogens is 952 g/mol. The largest absolute Gasteiger partial charge is 1.00 e. The molecule has 0 unspecified atom stereocenters. The van der Waals surface area contributed by atoms with Crippen LogP contribution in [0.4, 0.5) is 34.6 Å². The molecule has 0 atom stereocenters. The van der Waals surface area contributed by atoms with Crippen molar-refractivity contribution in [1.29, 1.82) is 0 Å². The second-order valence-electron chi connectivity index (χ2n) is 13.4. The summed E-state index contributed by atoms with van der Waals surface area (Å²) < 4.78 is 48.3. The van der Waals surface area contributed by atoms with Crippen LogP contribution >= 0.6 is 24.1 Å². The average Bonchev–Trinajstić information content (AvgIpc) is 3.26. The number of rotatable bonds is 15. The first-order valence-electron chi connectivity index (χ1n) is 18.0. The van der Waals surface area contributed by atoms with E-state index in [4.69, 9.17) is 0 Å². The predicted molar refractivity (Wildman–Crippen MR) is 221 cm³/mol. The van der Waals surface area contributed by atoms with Crippen molar-refractivity contribution in [2.45, 2.75) is 21.6 Å². The molecule has 7 aromatic rings. The summed E-state index contributed by atoms with van der Waals surface area (Å²) >= 11 is 0.772. The number of aryl methyl sites for hydroxylation is 2. The van der Waals surface area contributed by atoms with Gasteiger partial charge in [0.05, 0.1) is 67.6 Å². The van der Waals surface area contributed by atoms with Crippen molar-refractivity contribution in [3.8, 4) is 17.1 Å². The molecule has 2 heterocycles. The Morgan fingerprint density at radius 1 is 0.727 bits per heavy atom. The van der Waals surface area contributed by atoms with E-state index >= 15 is 0 Å². The molecule has 5 aromatic carbocycles. The van der Waals surface area contributed by atoms with Gasteiger partial charge >= 0.3 is 94.7 Å². The first-order chi connectivity index (χ1) is 30.3. The van der Waals surface area contributed by atoms with Gasteiger partial charge in [-0.25, -0.2) is 8.42 Å². The molecule has 0 amide bonds. The molecular formula is C40H26N7Na3O13S3. The van der Waals surface area contributed by atoms with Gasteiger partial charge < -0.3 is 40.7 Å². The second-order valence-corrected chi connectivity index (χ2v) is 16.3. The smallest absolute Gasteiger partial charge is 0.744 e. The van der Waals surface area contributed by atoms with Gasteiger partial charge in [0.1, 0.15) is 10.1 Å². The SMILES string of the molecule is Cc1ccccc1Nc1nc(O)nc(Nc2cc(Nc3ccc4c5c3C(=O)c3ccccc3-c5c(C(=O)c3cccc(SOO[O-])c3)c(=O)n4C)c(SOO[O-])cc2S(=O)(=O)[O-])n1.[Na+].[Na+].[Na+]. The Morgan fingerprint density at radius 3 is 2.06 bits per heavy atom. The minimum absolute atomic E-state index is 0. The van der Waals surface area contributed by atoms with Crippen LogP contribution in [-0.2, 0) is 35.9 Å². The summed E-state index contributed by atoms with van der Waals surface area (Å²) in [6, 6.07) is 23.6. The van der Waals surface area contributed by atoms with Crippen LogP contribution in [0.15, 0.2) is 117 Å². The minimum Gasteiger partial charge on any atom is -0.744 e. The number of ketones is 2. The molecule has 2 aromatic heterocycles. The molecule has 0 fully saturated rings. The van der Waals surface area contributed by atoms with Gasteiger partial charge in [0.2, 0.25) is 11.9 Å². The van der Waals surface area contributed by atoms with E-state index in [0.717, 1.165) is 17.7 Å². The molecule has 8 rings (SSSR count). The van der Waals surface area contributed by atoms with Gasteiger partial charge in [-0.15, -0.1) is 0 Å². The molecule has 0 saturated heterocycles. The number of benzene rings is 5. The van der Waals surface area contributed by atoms with E-state index in [0.29, 0.717) is 22.6 Å². The summed E-state index contributed by atoms with van der Waals surface area (Å²) in [4.78, 5) is 54.4. The van der Waals surface area contributed by atoms with Crippen molar-refractivity contribution < 1.29 is 146 Å². The maximum Gasteiger partial charge on any atom is 1.00 e. The van der Waals surface area contributed by atoms with Crippen LogP contribution in [0.1, 0.15) is 37.4 Å². The van der Waals surface area contributed by atoms with E-state index in [1.165, 1.54) is 48.0 Å². The Bertz CT molecular complexity index is 3200. The fraction of sp³-hybridized carbons (Fsp3) is 0.0500. The van der Waals surface area contributed by atoms with Gasteiger partial charge in [0, 0.05) is 39.7 Å². The Kier molecular flexibility index (Phi) is 18.2. The zero-order valence-electron chi connectivity index (χ0n) is 35.1. The maximum atomic E-state index is 14.6. The van der Waals surface area contributed by atoms with Gasteiger partial charge in [-0.3, -0.25) is 24.5 Å². The molecule has 1 aliphatic carbocycles. The van der Waals surface area contributed by atoms with Crippen molar-refractivity contribution in [3.63, 3.8) is 0 Å². The Morgan fingerprint density at radius 2 is 1.38 bits per heavy atom. The van der Waals surface area contributed by atoms with Crippen LogP contribution in [0.3, 0.4) is 0 Å². The second kappa shape index (κ2) is 22.6. The quantitative estimate of drug-likeness (QED) is 0.0189. The number of aromatic nitrogens is 4. The van der Waals surface area contributed by atoms with Crippen LogP contribution in [-0.4, -0.2) is 49.2 Å². The Balaban J connectivity index is 0.00000272. The summed E-state index contributed by atoms with van der Waals surface area (Å²) in [7, 11) is -3.89.